The summed E-state index contributed by atoms with van der Waals surface area (Å²) >= 11 is 0. The van der Waals surface area contributed by atoms with Gasteiger partial charge < -0.3 is 157 Å². The average Bonchev–Trinajstić information content (AvgIpc) is 0.794. The van der Waals surface area contributed by atoms with Gasteiger partial charge in [0.1, 0.15) is 18.3 Å². The van der Waals surface area contributed by atoms with Crippen molar-refractivity contribution in [2.75, 3.05) is 59.1 Å². The highest BCUT2D eigenvalue weighted by Gasteiger charge is 2.50. The molecular formula is C66H102N18O27. The van der Waals surface area contributed by atoms with Gasteiger partial charge in [-0.2, -0.15) is 0 Å². The summed E-state index contributed by atoms with van der Waals surface area (Å²) < 4.78 is 32.9. The Labute approximate surface area is 635 Å². The summed E-state index contributed by atoms with van der Waals surface area (Å²) in [6.07, 6.45) is -10.9. The molecule has 1 aromatic carbocycles. The molecule has 618 valence electrons. The number of carbonyl (C=O) groups is 12. The van der Waals surface area contributed by atoms with Crippen LogP contribution >= 0.6 is 0 Å². The summed E-state index contributed by atoms with van der Waals surface area (Å²) in [6, 6.07) is -3.85. The smallest absolute Gasteiger partial charge is 0.407 e. The second-order valence-corrected chi connectivity index (χ2v) is 25.5. The first-order valence-corrected chi connectivity index (χ1v) is 35.2. The number of hydrogen-bond acceptors (Lipinski definition) is 27. The predicted molar refractivity (Wildman–Crippen MR) is 386 cm³/mol. The molecule has 30 N–H and O–H groups in total. The molecule has 4 rings (SSSR count). The Balaban J connectivity index is 1.36. The quantitative estimate of drug-likeness (QED) is 0.0125. The number of aliphatic imine (C=N–C) groups is 3. The summed E-state index contributed by atoms with van der Waals surface area (Å²) in [5.41, 5.74) is 33.1. The summed E-state index contributed by atoms with van der Waals surface area (Å²) in [4.78, 5) is 165. The lowest BCUT2D eigenvalue weighted by Crippen LogP contribution is -2.61. The van der Waals surface area contributed by atoms with E-state index in [9.17, 15) is 103 Å². The Morgan fingerprint density at radius 3 is 0.784 bits per heavy atom. The van der Waals surface area contributed by atoms with E-state index in [1.807, 2.05) is 0 Å². The SMILES string of the molecule is CC(=O)N[C@H]1[C@H]([C@H](OC(=O)NCCCCCCNC(=O)c2cc(C(=O)NCCCCCCNC(=O)O[C@@H]([C@@H]3OC(C(=O)O)=C[C@H](N=C(N)N)[C@H]3NC(C)=O)[C@H](O)CO)cc(C(=O)NCCCCCCNC(=O)O[C@@H]([C@@H]3OC(C(=O)O)=C[C@H](N=C(N)N)[C@H]3NC(C)=O)[C@H](O)CO)c2)[C@H](O)CO)OC(C(=O)O)=C[C@@H]1N=C(N)N. The van der Waals surface area contributed by atoms with Gasteiger partial charge in [0, 0.05) is 76.7 Å². The number of guanidine groups is 3. The molecule has 0 saturated heterocycles. The normalized spacial score (nSPS) is 20.6. The van der Waals surface area contributed by atoms with E-state index in [0.717, 1.165) is 39.0 Å². The summed E-state index contributed by atoms with van der Waals surface area (Å²) in [6.45, 7) is 0.772. The number of rotatable bonds is 45. The Hall–Kier alpha value is -11.5. The van der Waals surface area contributed by atoms with Gasteiger partial charge in [-0.05, 0) is 75.0 Å². The third-order valence-corrected chi connectivity index (χ3v) is 16.7. The Morgan fingerprint density at radius 2 is 0.595 bits per heavy atom. The highest BCUT2D eigenvalue weighted by molar-refractivity contribution is 6.04. The molecule has 45 nitrogen and oxygen atoms in total. The zero-order valence-corrected chi connectivity index (χ0v) is 61.2. The maximum Gasteiger partial charge on any atom is 0.407 e. The number of aliphatic carboxylic acids is 3. The molecule has 9 amide bonds. The molecule has 0 unspecified atom stereocenters. The number of benzene rings is 1. The number of ether oxygens (including phenoxy) is 6. The molecule has 3 aliphatic rings. The van der Waals surface area contributed by atoms with E-state index < -0.39 is 218 Å². The van der Waals surface area contributed by atoms with Crippen LogP contribution in [0.2, 0.25) is 0 Å². The number of nitrogens with one attached hydrogen (secondary N) is 9. The molecule has 0 aromatic heterocycles. The minimum absolute atomic E-state index is 0.0122. The van der Waals surface area contributed by atoms with Gasteiger partial charge >= 0.3 is 36.2 Å². The van der Waals surface area contributed by atoms with Crippen LogP contribution in [0.1, 0.15) is 129 Å². The van der Waals surface area contributed by atoms with Gasteiger partial charge in [0.25, 0.3) is 17.7 Å². The van der Waals surface area contributed by atoms with Gasteiger partial charge in [-0.1, -0.05) is 38.5 Å². The Bertz CT molecular complexity index is 3200. The number of hydrogen-bond donors (Lipinski definition) is 24. The Morgan fingerprint density at radius 1 is 0.378 bits per heavy atom. The number of aliphatic hydroxyl groups excluding tert-OH is 6. The fraction of sp³-hybridized carbons (Fsp3) is 0.591. The van der Waals surface area contributed by atoms with Crippen LogP contribution < -0.4 is 82.3 Å². The molecular weight excluding hydrogens is 1480 g/mol. The number of amides is 9. The van der Waals surface area contributed by atoms with E-state index in [2.05, 4.69) is 62.8 Å². The van der Waals surface area contributed by atoms with Crippen LogP contribution in [0.15, 0.2) is 68.7 Å². The van der Waals surface area contributed by atoms with Crippen molar-refractivity contribution < 1.29 is 132 Å². The van der Waals surface area contributed by atoms with Crippen LogP contribution in [0, 0.1) is 0 Å². The second kappa shape index (κ2) is 46.7. The molecule has 3 heterocycles. The highest BCUT2D eigenvalue weighted by Crippen LogP contribution is 2.30. The fourth-order valence-corrected chi connectivity index (χ4v) is 11.6. The molecule has 3 aliphatic heterocycles. The van der Waals surface area contributed by atoms with E-state index in [-0.39, 0.29) is 56.0 Å². The number of aliphatic hydroxyl groups is 6. The van der Waals surface area contributed by atoms with Crippen LogP contribution in [0.5, 0.6) is 0 Å². The van der Waals surface area contributed by atoms with E-state index in [4.69, 9.17) is 62.8 Å². The molecule has 0 spiro atoms. The zero-order chi connectivity index (χ0) is 82.6. The number of carbonyl (C=O) groups excluding carboxylic acids is 9. The van der Waals surface area contributed by atoms with Crippen molar-refractivity contribution in [3.63, 3.8) is 0 Å². The van der Waals surface area contributed by atoms with E-state index >= 15 is 0 Å². The van der Waals surface area contributed by atoms with E-state index in [1.54, 1.807) is 0 Å². The average molecular weight is 1580 g/mol. The van der Waals surface area contributed by atoms with Gasteiger partial charge in [-0.15, -0.1) is 0 Å². The molecule has 0 saturated carbocycles. The van der Waals surface area contributed by atoms with Gasteiger partial charge in [-0.3, -0.25) is 28.8 Å². The predicted octanol–water partition coefficient (Wildman–Crippen LogP) is -6.56. The van der Waals surface area contributed by atoms with Crippen molar-refractivity contribution in [1.82, 2.24) is 47.9 Å². The number of carboxylic acids is 3. The van der Waals surface area contributed by atoms with Crippen molar-refractivity contribution in [3.05, 3.63) is 70.4 Å². The van der Waals surface area contributed by atoms with Crippen molar-refractivity contribution in [1.29, 1.82) is 0 Å². The highest BCUT2D eigenvalue weighted by atomic mass is 16.6. The number of alkyl carbamates (subject to hydrolysis) is 3. The van der Waals surface area contributed by atoms with Crippen molar-refractivity contribution in [2.24, 2.45) is 49.4 Å². The van der Waals surface area contributed by atoms with Gasteiger partial charge in [0.05, 0.1) is 56.1 Å². The van der Waals surface area contributed by atoms with E-state index in [0.29, 0.717) is 77.0 Å². The zero-order valence-electron chi connectivity index (χ0n) is 61.2. The Kier molecular flexibility index (Phi) is 38.7. The molecule has 0 aliphatic carbocycles. The number of unbranched alkanes of at least 4 members (excludes halogenated alkanes) is 9. The molecule has 0 fully saturated rings. The van der Waals surface area contributed by atoms with Crippen LogP contribution in [0.3, 0.4) is 0 Å². The summed E-state index contributed by atoms with van der Waals surface area (Å²) in [5.74, 6) is -12.3. The minimum Gasteiger partial charge on any atom is -0.477 e. The number of nitrogens with two attached hydrogens (primary N) is 6. The molecule has 0 radical (unpaired) electrons. The van der Waals surface area contributed by atoms with Crippen LogP contribution in [-0.4, -0.2) is 286 Å². The first kappa shape index (κ1) is 91.8. The van der Waals surface area contributed by atoms with Crippen LogP contribution in [0.25, 0.3) is 0 Å². The van der Waals surface area contributed by atoms with Crippen molar-refractivity contribution >= 4 is 89.5 Å². The first-order chi connectivity index (χ1) is 52.6. The topological polar surface area (TPSA) is 744 Å². The fourth-order valence-electron chi connectivity index (χ4n) is 11.6. The lowest BCUT2D eigenvalue weighted by molar-refractivity contribution is -0.147. The first-order valence-electron chi connectivity index (χ1n) is 35.2. The van der Waals surface area contributed by atoms with Crippen molar-refractivity contribution in [2.45, 2.75) is 189 Å². The summed E-state index contributed by atoms with van der Waals surface area (Å²) in [5, 5.41) is 114. The van der Waals surface area contributed by atoms with Crippen LogP contribution in [-0.2, 0) is 57.2 Å². The lowest BCUT2D eigenvalue weighted by Gasteiger charge is -2.39. The van der Waals surface area contributed by atoms with Gasteiger partial charge in [0.15, 0.2) is 54.5 Å². The van der Waals surface area contributed by atoms with Gasteiger partial charge in [-0.25, -0.2) is 43.7 Å². The van der Waals surface area contributed by atoms with Crippen LogP contribution in [0.4, 0.5) is 14.4 Å². The third kappa shape index (κ3) is 31.2. The second-order valence-electron chi connectivity index (χ2n) is 25.5. The maximum absolute atomic E-state index is 13.7. The molecule has 111 heavy (non-hydrogen) atoms. The van der Waals surface area contributed by atoms with E-state index in [1.165, 1.54) is 18.2 Å². The maximum atomic E-state index is 13.7. The largest absolute Gasteiger partial charge is 0.477 e. The number of carboxylic acid groups (broad SMARTS) is 3. The third-order valence-electron chi connectivity index (χ3n) is 16.7. The van der Waals surface area contributed by atoms with Crippen molar-refractivity contribution in [3.8, 4) is 0 Å². The molecule has 1 aromatic rings. The minimum atomic E-state index is -1.85. The summed E-state index contributed by atoms with van der Waals surface area (Å²) in [7, 11) is 0. The van der Waals surface area contributed by atoms with Gasteiger partial charge in [0.2, 0.25) is 35.0 Å². The number of nitrogens with zero attached hydrogens (tertiary/aromatic N) is 3. The lowest BCUT2D eigenvalue weighted by atomic mass is 9.92. The monoisotopic (exact) mass is 1580 g/mol. The molecule has 0 bridgehead atoms. The molecule has 45 heteroatoms. The molecule has 15 atom stereocenters. The standard InChI is InChI=1S/C66H102N18O27/c1-31(88)79-46-37(82-61(67)68)25-43(58(97)98)106-52(46)49(40(91)28-85)109-64(103)76-19-13-7-4-10-16-73-55(94)34-22-35(56(95)74-17-11-5-8-14-20-77-65(104)110-50(41(92)29-86)53-47(80-32(2)89)38(83-62(69)70)26-44(107-53)59(99)100)24-36(23-34)57(96)75-18-12-6-9-15-21-78-66(105)111-51(42(93)30-87)54-48(81-33(3)90)39(84-63(71)72)27-45(108-54)60(101)102/h22-27,37-42,46-54,85-87,91-93H,4-21,28-30H2,1-3H3,(H,73,94)(H,74,95)(H,75,96)(H,76,103)(H,77,104)(H,78,105)(H,79,88)(H,80,89)(H,81,90)(H,97,98)(H,99,100)(H,101,102)(H4,67,68,82)(H4,69,70,83)(H4,71,72,84)/t37-,38-,39-,40+,41+,42+,46+,47+,48+,49+,50+,51+,52+,53+,54+/m0/s1.